The molecule has 7 atom stereocenters. The van der Waals surface area contributed by atoms with Gasteiger partial charge in [-0.1, -0.05) is 50.1 Å². The minimum atomic E-state index is -1.09. The molecule has 0 radical (unpaired) electrons. The molecule has 0 bridgehead atoms. The van der Waals surface area contributed by atoms with E-state index >= 15 is 0 Å². The van der Waals surface area contributed by atoms with E-state index in [9.17, 15) is 9.00 Å². The molecule has 0 spiro atoms. The van der Waals surface area contributed by atoms with Gasteiger partial charge in [0, 0.05) is 90.3 Å². The summed E-state index contributed by atoms with van der Waals surface area (Å²) >= 11 is 6.48. The number of nitrogens with one attached hydrogen (secondary N) is 1. The Morgan fingerprint density at radius 3 is 2.50 bits per heavy atom. The number of fused-ring (bicyclic) bond motifs is 1. The van der Waals surface area contributed by atoms with Crippen LogP contribution in [0.25, 0.3) is 0 Å². The van der Waals surface area contributed by atoms with Gasteiger partial charge in [0.05, 0.1) is 28.5 Å². The Bertz CT molecular complexity index is 1490. The van der Waals surface area contributed by atoms with Crippen LogP contribution in [0.5, 0.6) is 5.75 Å². The van der Waals surface area contributed by atoms with Crippen molar-refractivity contribution in [3.63, 3.8) is 0 Å². The Kier molecular flexibility index (Phi) is 19.0. The van der Waals surface area contributed by atoms with Crippen molar-refractivity contribution in [2.75, 3.05) is 99.4 Å². The molecule has 1 N–H and O–H groups in total. The monoisotopic (exact) mass is 786 g/mol. The molecule has 9 nitrogen and oxygen atoms in total. The van der Waals surface area contributed by atoms with Gasteiger partial charge in [-0.2, -0.15) is 0 Å². The predicted molar refractivity (Wildman–Crippen MR) is 225 cm³/mol. The van der Waals surface area contributed by atoms with Crippen LogP contribution >= 0.6 is 11.6 Å². The summed E-state index contributed by atoms with van der Waals surface area (Å²) in [5.74, 6) is 2.86. The maximum Gasteiger partial charge on any atom is 0.150 e. The van der Waals surface area contributed by atoms with E-state index < -0.39 is 11.0 Å². The SMILES string of the molecule is CCCc1cc(Cl)ccc1C1COc2ccc(C=O)cc2N(CC2CCC2C(/C=C/CC(C)C(CCOC)S(=O)NC)CN2CCN(C)CC2)C1.COC. The summed E-state index contributed by atoms with van der Waals surface area (Å²) in [5.41, 5.74) is 4.32. The van der Waals surface area contributed by atoms with Crippen LogP contribution in [0.1, 0.15) is 73.4 Å². The van der Waals surface area contributed by atoms with E-state index in [-0.39, 0.29) is 17.1 Å². The topological polar surface area (TPSA) is 83.6 Å². The van der Waals surface area contributed by atoms with Gasteiger partial charge in [-0.3, -0.25) is 4.79 Å². The molecule has 3 aliphatic rings. The molecule has 2 aliphatic heterocycles. The number of ether oxygens (including phenoxy) is 3. The molecular weight excluding hydrogens is 720 g/mol. The highest BCUT2D eigenvalue weighted by atomic mass is 35.5. The first-order valence-corrected chi connectivity index (χ1v) is 21.5. The number of halogens is 1. The second-order valence-corrected chi connectivity index (χ2v) is 17.5. The number of hydrogen-bond donors (Lipinski definition) is 1. The lowest BCUT2D eigenvalue weighted by atomic mass is 9.66. The van der Waals surface area contributed by atoms with Gasteiger partial charge in [-0.05, 0) is 111 Å². The fourth-order valence-electron chi connectivity index (χ4n) is 8.35. The van der Waals surface area contributed by atoms with E-state index in [0.29, 0.717) is 36.5 Å². The predicted octanol–water partition coefficient (Wildman–Crippen LogP) is 7.11. The molecule has 7 unspecified atom stereocenters. The largest absolute Gasteiger partial charge is 0.491 e. The zero-order valence-electron chi connectivity index (χ0n) is 33.9. The van der Waals surface area contributed by atoms with Crippen LogP contribution in [0, 0.1) is 23.7 Å². The number of anilines is 1. The minimum Gasteiger partial charge on any atom is -0.491 e. The molecule has 1 aliphatic carbocycles. The maximum atomic E-state index is 12.8. The summed E-state index contributed by atoms with van der Waals surface area (Å²) in [6.45, 7) is 12.9. The molecular formula is C43H67ClN4O5S. The minimum absolute atomic E-state index is 0.0418. The lowest BCUT2D eigenvalue weighted by Crippen LogP contribution is -2.49. The van der Waals surface area contributed by atoms with Gasteiger partial charge in [-0.25, -0.2) is 8.93 Å². The van der Waals surface area contributed by atoms with Crippen LogP contribution in [0.3, 0.4) is 0 Å². The molecule has 2 aromatic carbocycles. The van der Waals surface area contributed by atoms with Gasteiger partial charge < -0.3 is 28.9 Å². The zero-order valence-corrected chi connectivity index (χ0v) is 35.5. The Hall–Kier alpha value is -2.31. The van der Waals surface area contributed by atoms with Gasteiger partial charge in [0.2, 0.25) is 0 Å². The summed E-state index contributed by atoms with van der Waals surface area (Å²) in [7, 11) is 7.86. The molecule has 302 valence electrons. The van der Waals surface area contributed by atoms with Gasteiger partial charge in [0.15, 0.2) is 0 Å². The number of allylic oxidation sites excluding steroid dienone is 1. The lowest BCUT2D eigenvalue weighted by Gasteiger charge is -2.46. The Morgan fingerprint density at radius 1 is 1.09 bits per heavy atom. The van der Waals surface area contributed by atoms with Crippen LogP contribution in [-0.2, 0) is 26.9 Å². The maximum absolute atomic E-state index is 12.8. The van der Waals surface area contributed by atoms with E-state index in [2.05, 4.69) is 69.3 Å². The van der Waals surface area contributed by atoms with Gasteiger partial charge in [0.1, 0.15) is 12.0 Å². The van der Waals surface area contributed by atoms with E-state index in [1.54, 1.807) is 28.4 Å². The van der Waals surface area contributed by atoms with Crippen molar-refractivity contribution in [3.05, 3.63) is 70.3 Å². The van der Waals surface area contributed by atoms with Crippen molar-refractivity contribution in [1.82, 2.24) is 14.5 Å². The number of methoxy groups -OCH3 is 2. The molecule has 11 heteroatoms. The highest BCUT2D eigenvalue weighted by Gasteiger charge is 2.39. The Labute approximate surface area is 333 Å². The van der Waals surface area contributed by atoms with Crippen molar-refractivity contribution in [3.8, 4) is 5.75 Å². The van der Waals surface area contributed by atoms with Crippen molar-refractivity contribution in [2.45, 2.75) is 63.5 Å². The number of rotatable bonds is 18. The molecule has 5 rings (SSSR count). The van der Waals surface area contributed by atoms with Gasteiger partial charge in [0.25, 0.3) is 0 Å². The summed E-state index contributed by atoms with van der Waals surface area (Å²) in [4.78, 5) is 19.5. The van der Waals surface area contributed by atoms with E-state index in [4.69, 9.17) is 21.1 Å². The number of nitrogens with zero attached hydrogens (tertiary/aromatic N) is 3. The molecule has 1 saturated carbocycles. The average molecular weight is 788 g/mol. The van der Waals surface area contributed by atoms with Crippen molar-refractivity contribution >= 4 is 34.6 Å². The zero-order chi connectivity index (χ0) is 39.0. The second-order valence-electron chi connectivity index (χ2n) is 15.5. The van der Waals surface area contributed by atoms with Gasteiger partial charge in [-0.15, -0.1) is 0 Å². The van der Waals surface area contributed by atoms with E-state index in [1.165, 1.54) is 24.0 Å². The van der Waals surface area contributed by atoms with E-state index in [1.807, 2.05) is 24.3 Å². The highest BCUT2D eigenvalue weighted by molar-refractivity contribution is 7.83. The quantitative estimate of drug-likeness (QED) is 0.127. The van der Waals surface area contributed by atoms with Crippen LogP contribution in [-0.4, -0.2) is 120 Å². The number of carbonyl (C=O) groups is 1. The molecule has 0 aromatic heterocycles. The van der Waals surface area contributed by atoms with Crippen LogP contribution < -0.4 is 14.4 Å². The number of aryl methyl sites for hydroxylation is 1. The third-order valence-corrected chi connectivity index (χ3v) is 13.4. The first kappa shape index (κ1) is 44.4. The van der Waals surface area contributed by atoms with Crippen molar-refractivity contribution in [2.24, 2.45) is 23.7 Å². The smallest absolute Gasteiger partial charge is 0.150 e. The molecule has 0 amide bonds. The lowest BCUT2D eigenvalue weighted by molar-refractivity contribution is 0.0803. The first-order chi connectivity index (χ1) is 26.1. The summed E-state index contributed by atoms with van der Waals surface area (Å²) in [6, 6.07) is 12.2. The number of hydrogen-bond acceptors (Lipinski definition) is 8. The Morgan fingerprint density at radius 2 is 1.85 bits per heavy atom. The summed E-state index contributed by atoms with van der Waals surface area (Å²) < 4.78 is 31.9. The fourth-order valence-corrected chi connectivity index (χ4v) is 9.69. The third kappa shape index (κ3) is 12.6. The fraction of sp³-hybridized carbons (Fsp3) is 0.651. The second kappa shape index (κ2) is 23.0. The van der Waals surface area contributed by atoms with Crippen LogP contribution in [0.15, 0.2) is 48.6 Å². The summed E-state index contributed by atoms with van der Waals surface area (Å²) in [6.07, 6.45) is 11.9. The standard InChI is InChI=1S/C41H61ClN4O4S.C2H6O/c1-6-8-32-24-36(42)13-15-37(32)35-27-46(39-23-31(28-47)11-16-40(39)50-29-35)26-34-12-14-38(34)33(25-45-20-18-44(4)19-21-45)10-7-9-30(2)41(17-22-49-5)51(48)43-3;1-3-2/h7,10-11,13,15-16,23-24,28,30,33-35,38,41,43H,6,8-9,12,14,17-22,25-27,29H2,1-5H3;1-2H3/b10-7+;. The van der Waals surface area contributed by atoms with Crippen molar-refractivity contribution in [1.29, 1.82) is 0 Å². The first-order valence-electron chi connectivity index (χ1n) is 20.0. The third-order valence-electron chi connectivity index (χ3n) is 11.6. The van der Waals surface area contributed by atoms with Crippen molar-refractivity contribution < 1.29 is 23.2 Å². The number of aldehydes is 1. The average Bonchev–Trinajstić information content (AvgIpc) is 3.33. The molecule has 2 fully saturated rings. The van der Waals surface area contributed by atoms with E-state index in [0.717, 1.165) is 94.2 Å². The Balaban J connectivity index is 0.00000209. The molecule has 54 heavy (non-hydrogen) atoms. The number of benzene rings is 2. The number of piperazine rings is 1. The van der Waals surface area contributed by atoms with Crippen LogP contribution in [0.2, 0.25) is 5.02 Å². The normalized spacial score (nSPS) is 22.9. The number of likely N-dealkylation sites (N-methyl/N-ethyl adjacent to an activating group) is 1. The van der Waals surface area contributed by atoms with Crippen LogP contribution in [0.4, 0.5) is 5.69 Å². The molecule has 1 saturated heterocycles. The molecule has 2 aromatic rings. The highest BCUT2D eigenvalue weighted by Crippen LogP contribution is 2.44. The van der Waals surface area contributed by atoms with Gasteiger partial charge >= 0.3 is 0 Å². The number of carbonyl (C=O) groups excluding carboxylic acids is 1. The summed E-state index contributed by atoms with van der Waals surface area (Å²) in [5, 5.41) is 0.819. The molecule has 2 heterocycles.